The number of hydrogen-bond acceptors (Lipinski definition) is 4. The normalized spacial score (nSPS) is 10.6. The molecule has 4 rings (SSSR count). The lowest BCUT2D eigenvalue weighted by molar-refractivity contribution is -0.116. The second-order valence-electron chi connectivity index (χ2n) is 6.29. The van der Waals surface area contributed by atoms with Gasteiger partial charge in [-0.3, -0.25) is 14.2 Å². The third-order valence-electron chi connectivity index (χ3n) is 4.29. The van der Waals surface area contributed by atoms with E-state index < -0.39 is 0 Å². The molecule has 0 radical (unpaired) electrons. The highest BCUT2D eigenvalue weighted by Crippen LogP contribution is 2.18. The molecule has 6 heteroatoms. The molecule has 28 heavy (non-hydrogen) atoms. The molecule has 0 aliphatic rings. The average Bonchev–Trinajstić information content (AvgIpc) is 2.72. The summed E-state index contributed by atoms with van der Waals surface area (Å²) in [4.78, 5) is 28.7. The SMILES string of the molecule is O=C(Cn1c(=O)cnc2ccccc21)Nc1ccc(Nc2ccccc2)cc1. The van der Waals surface area contributed by atoms with Crippen molar-refractivity contribution in [2.24, 2.45) is 0 Å². The Hall–Kier alpha value is -3.93. The number of anilines is 3. The number of rotatable bonds is 5. The molecule has 1 amide bonds. The molecule has 0 aliphatic heterocycles. The van der Waals surface area contributed by atoms with Gasteiger partial charge in [-0.25, -0.2) is 4.98 Å². The highest BCUT2D eigenvalue weighted by Gasteiger charge is 2.09. The fourth-order valence-electron chi connectivity index (χ4n) is 2.95. The quantitative estimate of drug-likeness (QED) is 0.561. The number of carbonyl (C=O) groups is 1. The number of benzene rings is 3. The maximum Gasteiger partial charge on any atom is 0.269 e. The van der Waals surface area contributed by atoms with Crippen molar-refractivity contribution >= 4 is 34.0 Å². The molecule has 0 bridgehead atoms. The van der Waals surface area contributed by atoms with Crippen LogP contribution in [0.3, 0.4) is 0 Å². The minimum absolute atomic E-state index is 0.0775. The van der Waals surface area contributed by atoms with E-state index in [2.05, 4.69) is 15.6 Å². The third-order valence-corrected chi connectivity index (χ3v) is 4.29. The first-order valence-corrected chi connectivity index (χ1v) is 8.86. The Labute approximate surface area is 161 Å². The fraction of sp³-hybridized carbons (Fsp3) is 0.0455. The van der Waals surface area contributed by atoms with Crippen molar-refractivity contribution in [1.29, 1.82) is 0 Å². The second kappa shape index (κ2) is 7.75. The van der Waals surface area contributed by atoms with Crippen molar-refractivity contribution in [3.63, 3.8) is 0 Å². The maximum absolute atomic E-state index is 12.4. The Morgan fingerprint density at radius 3 is 2.25 bits per heavy atom. The molecule has 2 N–H and O–H groups in total. The van der Waals surface area contributed by atoms with Crippen molar-refractivity contribution in [2.45, 2.75) is 6.54 Å². The zero-order valence-corrected chi connectivity index (χ0v) is 15.0. The molecule has 0 spiro atoms. The molecule has 1 heterocycles. The summed E-state index contributed by atoms with van der Waals surface area (Å²) >= 11 is 0. The third kappa shape index (κ3) is 3.91. The van der Waals surface area contributed by atoms with Gasteiger partial charge in [-0.05, 0) is 48.5 Å². The minimum Gasteiger partial charge on any atom is -0.356 e. The monoisotopic (exact) mass is 370 g/mol. The number of fused-ring (bicyclic) bond motifs is 1. The molecule has 0 atom stereocenters. The van der Waals surface area contributed by atoms with Crippen LogP contribution < -0.4 is 16.2 Å². The van der Waals surface area contributed by atoms with Crippen LogP contribution in [0.5, 0.6) is 0 Å². The van der Waals surface area contributed by atoms with Gasteiger partial charge in [0.05, 0.1) is 17.2 Å². The van der Waals surface area contributed by atoms with Crippen LogP contribution in [-0.2, 0) is 11.3 Å². The highest BCUT2D eigenvalue weighted by molar-refractivity contribution is 5.91. The van der Waals surface area contributed by atoms with E-state index in [0.717, 1.165) is 11.4 Å². The van der Waals surface area contributed by atoms with Crippen molar-refractivity contribution in [3.8, 4) is 0 Å². The van der Waals surface area contributed by atoms with Crippen molar-refractivity contribution in [3.05, 3.63) is 95.4 Å². The van der Waals surface area contributed by atoms with E-state index in [-0.39, 0.29) is 18.0 Å². The van der Waals surface area contributed by atoms with E-state index in [0.29, 0.717) is 16.7 Å². The first kappa shape index (κ1) is 17.5. The molecule has 138 valence electrons. The number of nitrogens with one attached hydrogen (secondary N) is 2. The van der Waals surface area contributed by atoms with Crippen LogP contribution in [0.4, 0.5) is 17.1 Å². The van der Waals surface area contributed by atoms with Crippen LogP contribution in [0.1, 0.15) is 0 Å². The highest BCUT2D eigenvalue weighted by atomic mass is 16.2. The number of para-hydroxylation sites is 3. The number of nitrogens with zero attached hydrogens (tertiary/aromatic N) is 2. The van der Waals surface area contributed by atoms with Crippen LogP contribution >= 0.6 is 0 Å². The largest absolute Gasteiger partial charge is 0.356 e. The van der Waals surface area contributed by atoms with Crippen LogP contribution in [0.25, 0.3) is 11.0 Å². The lowest BCUT2D eigenvalue weighted by atomic mass is 10.2. The summed E-state index contributed by atoms with van der Waals surface area (Å²) in [5.41, 5.74) is 3.56. The molecule has 1 aromatic heterocycles. The molecule has 4 aromatic rings. The lowest BCUT2D eigenvalue weighted by Gasteiger charge is -2.11. The molecule has 3 aromatic carbocycles. The molecule has 0 saturated carbocycles. The van der Waals surface area contributed by atoms with Gasteiger partial charge in [0.25, 0.3) is 5.56 Å². The molecule has 0 aliphatic carbocycles. The van der Waals surface area contributed by atoms with E-state index >= 15 is 0 Å². The van der Waals surface area contributed by atoms with Gasteiger partial charge in [-0.15, -0.1) is 0 Å². The predicted molar refractivity (Wildman–Crippen MR) is 111 cm³/mol. The molecule has 0 unspecified atom stereocenters. The topological polar surface area (TPSA) is 76.0 Å². The van der Waals surface area contributed by atoms with Gasteiger partial charge in [0, 0.05) is 17.1 Å². The second-order valence-corrected chi connectivity index (χ2v) is 6.29. The van der Waals surface area contributed by atoms with Crippen LogP contribution in [-0.4, -0.2) is 15.5 Å². The predicted octanol–water partition coefficient (Wildman–Crippen LogP) is 3.78. The van der Waals surface area contributed by atoms with Gasteiger partial charge in [-0.2, -0.15) is 0 Å². The number of hydrogen-bond donors (Lipinski definition) is 2. The Bertz CT molecular complexity index is 1170. The molecule has 0 fully saturated rings. The minimum atomic E-state index is -0.309. The number of amides is 1. The maximum atomic E-state index is 12.4. The summed E-state index contributed by atoms with van der Waals surface area (Å²) in [6.07, 6.45) is 1.24. The summed E-state index contributed by atoms with van der Waals surface area (Å²) in [5.74, 6) is -0.276. The van der Waals surface area contributed by atoms with Gasteiger partial charge >= 0.3 is 0 Å². The molecule has 0 saturated heterocycles. The van der Waals surface area contributed by atoms with E-state index in [1.54, 1.807) is 6.07 Å². The lowest BCUT2D eigenvalue weighted by Crippen LogP contribution is -2.27. The van der Waals surface area contributed by atoms with Gasteiger partial charge in [-0.1, -0.05) is 30.3 Å². The fourth-order valence-corrected chi connectivity index (χ4v) is 2.95. The van der Waals surface area contributed by atoms with Crippen molar-refractivity contribution < 1.29 is 4.79 Å². The van der Waals surface area contributed by atoms with Gasteiger partial charge < -0.3 is 10.6 Å². The summed E-state index contributed by atoms with van der Waals surface area (Å²) in [6.45, 7) is -0.0775. The average molecular weight is 370 g/mol. The summed E-state index contributed by atoms with van der Waals surface area (Å²) < 4.78 is 1.42. The van der Waals surface area contributed by atoms with E-state index in [9.17, 15) is 9.59 Å². The Balaban J connectivity index is 1.46. The van der Waals surface area contributed by atoms with Gasteiger partial charge in [0.1, 0.15) is 6.54 Å². The van der Waals surface area contributed by atoms with Gasteiger partial charge in [0.2, 0.25) is 5.91 Å². The van der Waals surface area contributed by atoms with Crippen LogP contribution in [0.15, 0.2) is 89.9 Å². The number of aromatic nitrogens is 2. The van der Waals surface area contributed by atoms with E-state index in [1.807, 2.05) is 72.8 Å². The summed E-state index contributed by atoms with van der Waals surface area (Å²) in [5, 5.41) is 6.11. The zero-order valence-electron chi connectivity index (χ0n) is 15.0. The standard InChI is InChI=1S/C22H18N4O2/c27-21(15-26-20-9-5-4-8-19(20)23-14-22(26)28)25-18-12-10-17(11-13-18)24-16-6-2-1-3-7-16/h1-14,24H,15H2,(H,25,27). The first-order chi connectivity index (χ1) is 13.7. The van der Waals surface area contributed by atoms with Crippen molar-refractivity contribution in [1.82, 2.24) is 9.55 Å². The van der Waals surface area contributed by atoms with E-state index in [1.165, 1.54) is 10.8 Å². The molecule has 6 nitrogen and oxygen atoms in total. The molecular weight excluding hydrogens is 352 g/mol. The summed E-state index contributed by atoms with van der Waals surface area (Å²) in [6, 6.07) is 24.5. The first-order valence-electron chi connectivity index (χ1n) is 8.86. The molecular formula is C22H18N4O2. The van der Waals surface area contributed by atoms with E-state index in [4.69, 9.17) is 0 Å². The summed E-state index contributed by atoms with van der Waals surface area (Å²) in [7, 11) is 0. The van der Waals surface area contributed by atoms with Crippen LogP contribution in [0.2, 0.25) is 0 Å². The van der Waals surface area contributed by atoms with Crippen LogP contribution in [0, 0.1) is 0 Å². The Kier molecular flexibility index (Phi) is 4.84. The van der Waals surface area contributed by atoms with Gasteiger partial charge in [0.15, 0.2) is 0 Å². The Morgan fingerprint density at radius 1 is 0.821 bits per heavy atom. The van der Waals surface area contributed by atoms with Crippen molar-refractivity contribution in [2.75, 3.05) is 10.6 Å². The Morgan fingerprint density at radius 2 is 1.46 bits per heavy atom. The smallest absolute Gasteiger partial charge is 0.269 e. The zero-order chi connectivity index (χ0) is 19.3. The number of carbonyl (C=O) groups excluding carboxylic acids is 1.